The molecule has 1 nitrogen and oxygen atoms in total. The molecule has 1 saturated carbocycles. The summed E-state index contributed by atoms with van der Waals surface area (Å²) < 4.78 is 13.0. The second kappa shape index (κ2) is 4.86. The molecule has 0 bridgehead atoms. The smallest absolute Gasteiger partial charge is 0.125 e. The quantitative estimate of drug-likeness (QED) is 0.794. The van der Waals surface area contributed by atoms with Crippen molar-refractivity contribution in [2.24, 2.45) is 11.8 Å². The maximum atomic E-state index is 13.0. The second-order valence-electron chi connectivity index (χ2n) is 5.27. The van der Waals surface area contributed by atoms with Gasteiger partial charge in [0.25, 0.3) is 0 Å². The molecular formula is C14H20FN. The lowest BCUT2D eigenvalue weighted by atomic mass is 9.80. The van der Waals surface area contributed by atoms with Crippen molar-refractivity contribution in [1.82, 2.24) is 0 Å². The average molecular weight is 221 g/mol. The molecule has 2 rings (SSSR count). The zero-order valence-electron chi connectivity index (χ0n) is 10.0. The largest absolute Gasteiger partial charge is 0.382 e. The molecule has 2 atom stereocenters. The number of hydrogen-bond acceptors (Lipinski definition) is 1. The fourth-order valence-electron chi connectivity index (χ4n) is 2.88. The van der Waals surface area contributed by atoms with Crippen molar-refractivity contribution in [3.05, 3.63) is 30.1 Å². The summed E-state index contributed by atoms with van der Waals surface area (Å²) in [5, 5.41) is 3.44. The van der Waals surface area contributed by atoms with Crippen molar-refractivity contribution in [3.8, 4) is 0 Å². The van der Waals surface area contributed by atoms with E-state index in [0.717, 1.165) is 17.5 Å². The number of anilines is 1. The lowest BCUT2D eigenvalue weighted by Crippen LogP contribution is -2.30. The Bertz CT molecular complexity index is 340. The molecule has 1 aromatic rings. The Balaban J connectivity index is 1.98. The standard InChI is InChI=1S/C14H20FN/c1-10-6-11(2)8-14(7-10)16-13-5-3-4-12(15)9-13/h3-5,9-11,14,16H,6-8H2,1-2H3. The monoisotopic (exact) mass is 221 g/mol. The van der Waals surface area contributed by atoms with Crippen LogP contribution in [0.4, 0.5) is 10.1 Å². The van der Waals surface area contributed by atoms with E-state index >= 15 is 0 Å². The Kier molecular flexibility index (Phi) is 3.47. The molecule has 2 heteroatoms. The highest BCUT2D eigenvalue weighted by Crippen LogP contribution is 2.30. The fourth-order valence-corrected chi connectivity index (χ4v) is 2.88. The van der Waals surface area contributed by atoms with Crippen LogP contribution in [0, 0.1) is 17.7 Å². The van der Waals surface area contributed by atoms with Gasteiger partial charge in [0.2, 0.25) is 0 Å². The van der Waals surface area contributed by atoms with Gasteiger partial charge in [-0.3, -0.25) is 0 Å². The van der Waals surface area contributed by atoms with Gasteiger partial charge in [-0.25, -0.2) is 4.39 Å². The summed E-state index contributed by atoms with van der Waals surface area (Å²) >= 11 is 0. The van der Waals surface area contributed by atoms with Crippen molar-refractivity contribution in [1.29, 1.82) is 0 Å². The van der Waals surface area contributed by atoms with E-state index < -0.39 is 0 Å². The van der Waals surface area contributed by atoms with Gasteiger partial charge in [0.1, 0.15) is 5.82 Å². The molecule has 16 heavy (non-hydrogen) atoms. The molecule has 0 heterocycles. The lowest BCUT2D eigenvalue weighted by molar-refractivity contribution is 0.281. The van der Waals surface area contributed by atoms with E-state index in [1.54, 1.807) is 12.1 Å². The first-order valence-electron chi connectivity index (χ1n) is 6.15. The van der Waals surface area contributed by atoms with Gasteiger partial charge < -0.3 is 5.32 Å². The van der Waals surface area contributed by atoms with E-state index in [0.29, 0.717) is 6.04 Å². The summed E-state index contributed by atoms with van der Waals surface area (Å²) in [6.07, 6.45) is 3.71. The molecule has 1 aromatic carbocycles. The van der Waals surface area contributed by atoms with Crippen LogP contribution in [0.1, 0.15) is 33.1 Å². The number of benzene rings is 1. The molecule has 1 aliphatic rings. The molecule has 0 aromatic heterocycles. The summed E-state index contributed by atoms with van der Waals surface area (Å²) in [7, 11) is 0. The molecule has 88 valence electrons. The SMILES string of the molecule is CC1CC(C)CC(Nc2cccc(F)c2)C1. The predicted octanol–water partition coefficient (Wildman–Crippen LogP) is 4.06. The van der Waals surface area contributed by atoms with Gasteiger partial charge in [-0.2, -0.15) is 0 Å². The van der Waals surface area contributed by atoms with Crippen LogP contribution in [0.2, 0.25) is 0 Å². The Hall–Kier alpha value is -1.05. The average Bonchev–Trinajstić information content (AvgIpc) is 2.15. The molecule has 0 amide bonds. The predicted molar refractivity (Wildman–Crippen MR) is 66.0 cm³/mol. The van der Waals surface area contributed by atoms with Crippen molar-refractivity contribution < 1.29 is 4.39 Å². The van der Waals surface area contributed by atoms with Crippen molar-refractivity contribution in [2.45, 2.75) is 39.2 Å². The topological polar surface area (TPSA) is 12.0 Å². The molecule has 2 unspecified atom stereocenters. The highest BCUT2D eigenvalue weighted by molar-refractivity contribution is 5.44. The zero-order chi connectivity index (χ0) is 11.5. The Morgan fingerprint density at radius 3 is 2.44 bits per heavy atom. The van der Waals surface area contributed by atoms with Crippen LogP contribution in [0.25, 0.3) is 0 Å². The van der Waals surface area contributed by atoms with Crippen LogP contribution in [0.15, 0.2) is 24.3 Å². The van der Waals surface area contributed by atoms with Crippen molar-refractivity contribution in [2.75, 3.05) is 5.32 Å². The minimum absolute atomic E-state index is 0.165. The molecule has 0 saturated heterocycles. The van der Waals surface area contributed by atoms with Gasteiger partial charge in [-0.1, -0.05) is 19.9 Å². The van der Waals surface area contributed by atoms with Gasteiger partial charge in [0.15, 0.2) is 0 Å². The maximum Gasteiger partial charge on any atom is 0.125 e. The molecular weight excluding hydrogens is 201 g/mol. The summed E-state index contributed by atoms with van der Waals surface area (Å²) in [6, 6.07) is 7.25. The zero-order valence-corrected chi connectivity index (χ0v) is 10.0. The molecule has 1 fully saturated rings. The van der Waals surface area contributed by atoms with E-state index in [9.17, 15) is 4.39 Å². The second-order valence-corrected chi connectivity index (χ2v) is 5.27. The summed E-state index contributed by atoms with van der Waals surface area (Å²) in [6.45, 7) is 4.60. The van der Waals surface area contributed by atoms with E-state index in [2.05, 4.69) is 19.2 Å². The Morgan fingerprint density at radius 1 is 1.12 bits per heavy atom. The highest BCUT2D eigenvalue weighted by atomic mass is 19.1. The number of hydrogen-bond donors (Lipinski definition) is 1. The van der Waals surface area contributed by atoms with E-state index in [4.69, 9.17) is 0 Å². The van der Waals surface area contributed by atoms with Crippen LogP contribution >= 0.6 is 0 Å². The van der Waals surface area contributed by atoms with E-state index in [1.807, 2.05) is 6.07 Å². The van der Waals surface area contributed by atoms with Crippen molar-refractivity contribution >= 4 is 5.69 Å². The molecule has 1 aliphatic carbocycles. The van der Waals surface area contributed by atoms with Crippen LogP contribution in [0.3, 0.4) is 0 Å². The third-order valence-electron chi connectivity index (χ3n) is 3.37. The van der Waals surface area contributed by atoms with Crippen LogP contribution in [-0.4, -0.2) is 6.04 Å². The van der Waals surface area contributed by atoms with Gasteiger partial charge in [0.05, 0.1) is 0 Å². The van der Waals surface area contributed by atoms with Crippen LogP contribution in [-0.2, 0) is 0 Å². The van der Waals surface area contributed by atoms with Gasteiger partial charge in [-0.05, 0) is 49.3 Å². The Morgan fingerprint density at radius 2 is 1.81 bits per heavy atom. The molecule has 0 radical (unpaired) electrons. The molecule has 1 N–H and O–H groups in total. The summed E-state index contributed by atoms with van der Waals surface area (Å²) in [5.74, 6) is 1.38. The fraction of sp³-hybridized carbons (Fsp3) is 0.571. The number of rotatable bonds is 2. The number of halogens is 1. The van der Waals surface area contributed by atoms with E-state index in [1.165, 1.54) is 25.3 Å². The summed E-state index contributed by atoms with van der Waals surface area (Å²) in [5.41, 5.74) is 0.909. The lowest BCUT2D eigenvalue weighted by Gasteiger charge is -2.32. The first-order valence-corrected chi connectivity index (χ1v) is 6.15. The van der Waals surface area contributed by atoms with E-state index in [-0.39, 0.29) is 5.82 Å². The first-order chi connectivity index (χ1) is 7.63. The van der Waals surface area contributed by atoms with Crippen LogP contribution < -0.4 is 5.32 Å². The summed E-state index contributed by atoms with van der Waals surface area (Å²) in [4.78, 5) is 0. The van der Waals surface area contributed by atoms with Gasteiger partial charge in [0, 0.05) is 11.7 Å². The normalized spacial score (nSPS) is 30.1. The first kappa shape index (κ1) is 11.4. The third-order valence-corrected chi connectivity index (χ3v) is 3.37. The maximum absolute atomic E-state index is 13.0. The minimum Gasteiger partial charge on any atom is -0.382 e. The molecule has 0 aliphatic heterocycles. The highest BCUT2D eigenvalue weighted by Gasteiger charge is 2.23. The van der Waals surface area contributed by atoms with Crippen molar-refractivity contribution in [3.63, 3.8) is 0 Å². The van der Waals surface area contributed by atoms with Gasteiger partial charge >= 0.3 is 0 Å². The third kappa shape index (κ3) is 2.97. The van der Waals surface area contributed by atoms with Crippen LogP contribution in [0.5, 0.6) is 0 Å². The number of nitrogens with one attached hydrogen (secondary N) is 1. The molecule has 0 spiro atoms. The Labute approximate surface area is 97.1 Å². The van der Waals surface area contributed by atoms with Gasteiger partial charge in [-0.15, -0.1) is 0 Å². The minimum atomic E-state index is -0.165.